The Kier molecular flexibility index (Phi) is 8.87. The standard InChI is InChI=1S/C47H42N2/c1-35-14-25-42(26-15-35)48(45-32-23-40(24-33-45)47(2,3)4)43-27-18-36(19-28-43)16-17-37-20-29-44(30-21-37)49(41-12-6-5-7-13-41)46-31-22-38-10-8-9-11-39(38)34-46/h5-34H,1-4H3. The fraction of sp³-hybridized carbons (Fsp3) is 0.106. The van der Waals surface area contributed by atoms with Gasteiger partial charge >= 0.3 is 0 Å². The van der Waals surface area contributed by atoms with Gasteiger partial charge < -0.3 is 9.80 Å². The summed E-state index contributed by atoms with van der Waals surface area (Å²) < 4.78 is 0. The first-order valence-corrected chi connectivity index (χ1v) is 17.0. The number of nitrogens with zero attached hydrogens (tertiary/aromatic N) is 2. The van der Waals surface area contributed by atoms with Gasteiger partial charge in [0.2, 0.25) is 0 Å². The van der Waals surface area contributed by atoms with Gasteiger partial charge in [0.1, 0.15) is 0 Å². The van der Waals surface area contributed by atoms with E-state index in [0.717, 1.165) is 45.3 Å². The predicted molar refractivity (Wildman–Crippen MR) is 212 cm³/mol. The highest BCUT2D eigenvalue weighted by Gasteiger charge is 2.17. The molecule has 0 aliphatic carbocycles. The summed E-state index contributed by atoms with van der Waals surface area (Å²) in [5.74, 6) is 0. The molecule has 0 atom stereocenters. The van der Waals surface area contributed by atoms with Crippen LogP contribution < -0.4 is 9.80 Å². The molecule has 0 amide bonds. The summed E-state index contributed by atoms with van der Waals surface area (Å²) in [6.45, 7) is 8.90. The van der Waals surface area contributed by atoms with E-state index in [0.29, 0.717) is 0 Å². The van der Waals surface area contributed by atoms with E-state index in [2.05, 4.69) is 220 Å². The smallest absolute Gasteiger partial charge is 0.0468 e. The molecule has 0 radical (unpaired) electrons. The van der Waals surface area contributed by atoms with Crippen molar-refractivity contribution in [2.24, 2.45) is 0 Å². The highest BCUT2D eigenvalue weighted by atomic mass is 15.1. The van der Waals surface area contributed by atoms with Crippen LogP contribution in [0.3, 0.4) is 0 Å². The zero-order valence-corrected chi connectivity index (χ0v) is 28.7. The van der Waals surface area contributed by atoms with E-state index in [1.165, 1.54) is 21.9 Å². The van der Waals surface area contributed by atoms with Crippen LogP contribution in [0.1, 0.15) is 43.0 Å². The third kappa shape index (κ3) is 7.20. The quantitative estimate of drug-likeness (QED) is 0.153. The average molecular weight is 635 g/mol. The third-order valence-electron chi connectivity index (χ3n) is 9.06. The lowest BCUT2D eigenvalue weighted by Crippen LogP contribution is -2.13. The molecule has 0 aliphatic heterocycles. The monoisotopic (exact) mass is 634 g/mol. The minimum atomic E-state index is 0.111. The van der Waals surface area contributed by atoms with E-state index in [4.69, 9.17) is 0 Å². The highest BCUT2D eigenvalue weighted by Crippen LogP contribution is 2.38. The Morgan fingerprint density at radius 1 is 0.388 bits per heavy atom. The van der Waals surface area contributed by atoms with E-state index >= 15 is 0 Å². The van der Waals surface area contributed by atoms with E-state index < -0.39 is 0 Å². The Bertz CT molecular complexity index is 2170. The normalized spacial score (nSPS) is 11.6. The number of fused-ring (bicyclic) bond motifs is 1. The number of benzene rings is 7. The molecule has 0 spiro atoms. The molecular formula is C47H42N2. The summed E-state index contributed by atoms with van der Waals surface area (Å²) in [7, 11) is 0. The van der Waals surface area contributed by atoms with Crippen molar-refractivity contribution in [3.63, 3.8) is 0 Å². The van der Waals surface area contributed by atoms with E-state index in [1.807, 2.05) is 0 Å². The Morgan fingerprint density at radius 3 is 1.33 bits per heavy atom. The molecule has 0 bridgehead atoms. The molecule has 0 saturated carbocycles. The third-order valence-corrected chi connectivity index (χ3v) is 9.06. The maximum Gasteiger partial charge on any atom is 0.0468 e. The largest absolute Gasteiger partial charge is 0.311 e. The molecule has 0 aliphatic rings. The fourth-order valence-corrected chi connectivity index (χ4v) is 6.25. The maximum atomic E-state index is 2.33. The van der Waals surface area contributed by atoms with Crippen molar-refractivity contribution in [3.05, 3.63) is 192 Å². The summed E-state index contributed by atoms with van der Waals surface area (Å²) in [6.07, 6.45) is 4.37. The van der Waals surface area contributed by atoms with Crippen LogP contribution in [0.4, 0.5) is 34.1 Å². The number of para-hydroxylation sites is 1. The average Bonchev–Trinajstić information content (AvgIpc) is 3.13. The first kappa shape index (κ1) is 31.7. The van der Waals surface area contributed by atoms with Gasteiger partial charge in [0.25, 0.3) is 0 Å². The molecule has 7 rings (SSSR count). The predicted octanol–water partition coefficient (Wildman–Crippen LogP) is 13.6. The van der Waals surface area contributed by atoms with Crippen LogP contribution in [0.5, 0.6) is 0 Å². The number of hydrogen-bond acceptors (Lipinski definition) is 2. The zero-order chi connectivity index (χ0) is 33.8. The second kappa shape index (κ2) is 13.7. The molecule has 0 saturated heterocycles. The summed E-state index contributed by atoms with van der Waals surface area (Å²) >= 11 is 0. The molecule has 0 aromatic heterocycles. The molecule has 240 valence electrons. The lowest BCUT2D eigenvalue weighted by molar-refractivity contribution is 0.590. The van der Waals surface area contributed by atoms with Gasteiger partial charge in [-0.1, -0.05) is 136 Å². The number of hydrogen-bond donors (Lipinski definition) is 0. The Labute approximate surface area is 291 Å². The van der Waals surface area contributed by atoms with Gasteiger partial charge in [-0.05, 0) is 113 Å². The molecule has 7 aromatic carbocycles. The second-order valence-electron chi connectivity index (χ2n) is 13.7. The van der Waals surface area contributed by atoms with Crippen LogP contribution in [-0.2, 0) is 5.41 Å². The van der Waals surface area contributed by atoms with Crippen molar-refractivity contribution in [2.75, 3.05) is 9.80 Å². The van der Waals surface area contributed by atoms with Gasteiger partial charge in [0.15, 0.2) is 0 Å². The van der Waals surface area contributed by atoms with Gasteiger partial charge in [0.05, 0.1) is 0 Å². The van der Waals surface area contributed by atoms with Crippen LogP contribution in [0.15, 0.2) is 170 Å². The van der Waals surface area contributed by atoms with Gasteiger partial charge in [0, 0.05) is 34.1 Å². The topological polar surface area (TPSA) is 6.48 Å². The van der Waals surface area contributed by atoms with Crippen LogP contribution in [0.25, 0.3) is 22.9 Å². The van der Waals surface area contributed by atoms with E-state index in [1.54, 1.807) is 0 Å². The molecule has 0 N–H and O–H groups in total. The lowest BCUT2D eigenvalue weighted by atomic mass is 9.87. The molecule has 2 nitrogen and oxygen atoms in total. The van der Waals surface area contributed by atoms with Gasteiger partial charge in [-0.15, -0.1) is 0 Å². The Morgan fingerprint density at radius 2 is 0.796 bits per heavy atom. The lowest BCUT2D eigenvalue weighted by Gasteiger charge is -2.27. The number of anilines is 6. The highest BCUT2D eigenvalue weighted by molar-refractivity contribution is 5.89. The van der Waals surface area contributed by atoms with Crippen LogP contribution >= 0.6 is 0 Å². The van der Waals surface area contributed by atoms with Gasteiger partial charge in [-0.3, -0.25) is 0 Å². The number of rotatable bonds is 8. The minimum Gasteiger partial charge on any atom is -0.311 e. The summed E-state index contributed by atoms with van der Waals surface area (Å²) in [4.78, 5) is 4.64. The van der Waals surface area contributed by atoms with Crippen LogP contribution in [-0.4, -0.2) is 0 Å². The number of aryl methyl sites for hydroxylation is 1. The molecular weight excluding hydrogens is 593 g/mol. The fourth-order valence-electron chi connectivity index (χ4n) is 6.25. The van der Waals surface area contributed by atoms with Crippen molar-refractivity contribution < 1.29 is 0 Å². The summed E-state index contributed by atoms with van der Waals surface area (Å²) in [6, 6.07) is 61.1. The van der Waals surface area contributed by atoms with E-state index in [9.17, 15) is 0 Å². The summed E-state index contributed by atoms with van der Waals surface area (Å²) in [5.41, 5.74) is 11.8. The zero-order valence-electron chi connectivity index (χ0n) is 28.7. The first-order valence-electron chi connectivity index (χ1n) is 17.0. The molecule has 7 aromatic rings. The SMILES string of the molecule is Cc1ccc(N(c2ccc(C=Cc3ccc(N(c4ccccc4)c4ccc5ccccc5c4)cc3)cc2)c2ccc(C(C)(C)C)cc2)cc1. The van der Waals surface area contributed by atoms with Crippen LogP contribution in [0, 0.1) is 6.92 Å². The van der Waals surface area contributed by atoms with Crippen molar-refractivity contribution in [2.45, 2.75) is 33.1 Å². The van der Waals surface area contributed by atoms with E-state index in [-0.39, 0.29) is 5.41 Å². The molecule has 0 fully saturated rings. The van der Waals surface area contributed by atoms with Gasteiger partial charge in [-0.25, -0.2) is 0 Å². The Balaban J connectivity index is 1.13. The summed E-state index contributed by atoms with van der Waals surface area (Å²) in [5, 5.41) is 2.47. The van der Waals surface area contributed by atoms with Crippen molar-refractivity contribution >= 4 is 57.0 Å². The second-order valence-corrected chi connectivity index (χ2v) is 13.7. The maximum absolute atomic E-state index is 2.33. The molecule has 0 heterocycles. The first-order chi connectivity index (χ1) is 23.8. The van der Waals surface area contributed by atoms with Gasteiger partial charge in [-0.2, -0.15) is 0 Å². The molecule has 49 heavy (non-hydrogen) atoms. The molecule has 0 unspecified atom stereocenters. The van der Waals surface area contributed by atoms with Crippen LogP contribution in [0.2, 0.25) is 0 Å². The molecule has 2 heteroatoms. The minimum absolute atomic E-state index is 0.111. The van der Waals surface area contributed by atoms with Crippen molar-refractivity contribution in [1.82, 2.24) is 0 Å². The van der Waals surface area contributed by atoms with Crippen molar-refractivity contribution in [3.8, 4) is 0 Å². The Hall–Kier alpha value is -5.86. The van der Waals surface area contributed by atoms with Crippen molar-refractivity contribution in [1.29, 1.82) is 0 Å².